The van der Waals surface area contributed by atoms with Crippen LogP contribution in [0.4, 0.5) is 5.00 Å². The molecule has 0 aliphatic rings. The summed E-state index contributed by atoms with van der Waals surface area (Å²) < 4.78 is 5.28. The van der Waals surface area contributed by atoms with E-state index in [9.17, 15) is 4.79 Å². The van der Waals surface area contributed by atoms with Crippen molar-refractivity contribution in [2.24, 2.45) is 0 Å². The van der Waals surface area contributed by atoms with Gasteiger partial charge in [-0.15, -0.1) is 11.3 Å². The van der Waals surface area contributed by atoms with Gasteiger partial charge in [0.05, 0.1) is 17.7 Å². The van der Waals surface area contributed by atoms with E-state index in [4.69, 9.17) is 22.1 Å². The summed E-state index contributed by atoms with van der Waals surface area (Å²) in [5.41, 5.74) is 10.6. The number of rotatable bonds is 6. The molecule has 0 saturated heterocycles. The lowest BCUT2D eigenvalue weighted by molar-refractivity contribution is 0.103. The molecule has 1 aromatic heterocycles. The monoisotopic (exact) mass is 433 g/mol. The highest BCUT2D eigenvalue weighted by Gasteiger charge is 2.24. The number of benzene rings is 3. The van der Waals surface area contributed by atoms with Gasteiger partial charge in [-0.3, -0.25) is 4.79 Å². The highest BCUT2D eigenvalue weighted by Crippen LogP contribution is 2.41. The zero-order chi connectivity index (χ0) is 21.1. The summed E-state index contributed by atoms with van der Waals surface area (Å²) in [6, 6.07) is 24.8. The molecule has 5 heteroatoms. The van der Waals surface area contributed by atoms with Gasteiger partial charge in [-0.2, -0.15) is 0 Å². The fourth-order valence-corrected chi connectivity index (χ4v) is 4.64. The number of nitrogens with two attached hydrogens (primary N) is 1. The van der Waals surface area contributed by atoms with Crippen LogP contribution in [0.3, 0.4) is 0 Å². The number of hydrogen-bond acceptors (Lipinski definition) is 4. The molecular formula is C25H20ClNO2S. The second-order valence-corrected chi connectivity index (χ2v) is 8.36. The maximum atomic E-state index is 13.4. The molecule has 0 radical (unpaired) electrons. The van der Waals surface area contributed by atoms with E-state index in [1.807, 2.05) is 42.5 Å². The van der Waals surface area contributed by atoms with E-state index in [1.165, 1.54) is 11.3 Å². The summed E-state index contributed by atoms with van der Waals surface area (Å²) in [7, 11) is 1.64. The van der Waals surface area contributed by atoms with Crippen molar-refractivity contribution in [1.29, 1.82) is 0 Å². The SMILES string of the molecule is COc1ccc(-c2sc(N)c(C(=O)c3ccc(Cl)cc3)c2Cc2ccccc2)cc1. The van der Waals surface area contributed by atoms with Crippen LogP contribution in [0.15, 0.2) is 78.9 Å². The number of thiophene rings is 1. The number of methoxy groups -OCH3 is 1. The Morgan fingerprint density at radius 2 is 1.63 bits per heavy atom. The average Bonchev–Trinajstić information content (AvgIpc) is 3.10. The number of carbonyl (C=O) groups is 1. The predicted octanol–water partition coefficient (Wildman–Crippen LogP) is 6.48. The van der Waals surface area contributed by atoms with Gasteiger partial charge in [-0.25, -0.2) is 0 Å². The molecule has 3 nitrogen and oxygen atoms in total. The van der Waals surface area contributed by atoms with Crippen LogP contribution >= 0.6 is 22.9 Å². The maximum absolute atomic E-state index is 13.4. The standard InChI is InChI=1S/C25H20ClNO2S/c1-29-20-13-9-18(10-14-20)24-21(15-16-5-3-2-4-6-16)22(25(27)30-24)23(28)17-7-11-19(26)12-8-17/h2-14H,15,27H2,1H3. The topological polar surface area (TPSA) is 52.3 Å². The van der Waals surface area contributed by atoms with E-state index in [0.29, 0.717) is 27.6 Å². The molecule has 150 valence electrons. The zero-order valence-corrected chi connectivity index (χ0v) is 18.0. The second-order valence-electron chi connectivity index (χ2n) is 6.88. The predicted molar refractivity (Wildman–Crippen MR) is 125 cm³/mol. The molecule has 0 bridgehead atoms. The van der Waals surface area contributed by atoms with Gasteiger partial charge in [-0.05, 0) is 71.6 Å². The first kappa shape index (κ1) is 20.2. The number of nitrogen functional groups attached to an aromatic ring is 1. The molecule has 1 heterocycles. The van der Waals surface area contributed by atoms with Gasteiger partial charge in [0.25, 0.3) is 0 Å². The van der Waals surface area contributed by atoms with Crippen LogP contribution in [-0.4, -0.2) is 12.9 Å². The molecule has 0 spiro atoms. The highest BCUT2D eigenvalue weighted by molar-refractivity contribution is 7.20. The Morgan fingerprint density at radius 3 is 2.27 bits per heavy atom. The van der Waals surface area contributed by atoms with Crippen LogP contribution in [0.2, 0.25) is 5.02 Å². The molecule has 4 aromatic rings. The average molecular weight is 434 g/mol. The Bertz CT molecular complexity index is 1170. The van der Waals surface area contributed by atoms with Crippen molar-refractivity contribution in [3.63, 3.8) is 0 Å². The minimum absolute atomic E-state index is 0.0916. The van der Waals surface area contributed by atoms with Crippen molar-refractivity contribution >= 4 is 33.7 Å². The number of ketones is 1. The van der Waals surface area contributed by atoms with Gasteiger partial charge in [0.1, 0.15) is 5.75 Å². The Labute approximate surface area is 184 Å². The fraction of sp³-hybridized carbons (Fsp3) is 0.0800. The molecule has 0 aliphatic heterocycles. The van der Waals surface area contributed by atoms with Crippen molar-refractivity contribution in [3.05, 3.63) is 106 Å². The first-order valence-electron chi connectivity index (χ1n) is 9.46. The summed E-state index contributed by atoms with van der Waals surface area (Å²) in [6.45, 7) is 0. The highest BCUT2D eigenvalue weighted by atomic mass is 35.5. The summed E-state index contributed by atoms with van der Waals surface area (Å²) >= 11 is 7.44. The van der Waals surface area contributed by atoms with Crippen LogP contribution in [-0.2, 0) is 6.42 Å². The van der Waals surface area contributed by atoms with Crippen molar-refractivity contribution in [3.8, 4) is 16.2 Å². The lowest BCUT2D eigenvalue weighted by atomic mass is 9.94. The minimum atomic E-state index is -0.0916. The molecule has 4 rings (SSSR count). The molecule has 3 aromatic carbocycles. The van der Waals surface area contributed by atoms with Crippen molar-refractivity contribution < 1.29 is 9.53 Å². The van der Waals surface area contributed by atoms with E-state index >= 15 is 0 Å². The van der Waals surface area contributed by atoms with Crippen LogP contribution in [0.1, 0.15) is 27.0 Å². The van der Waals surface area contributed by atoms with E-state index in [0.717, 1.165) is 27.3 Å². The first-order valence-corrected chi connectivity index (χ1v) is 10.7. The molecular weight excluding hydrogens is 414 g/mol. The maximum Gasteiger partial charge on any atom is 0.196 e. The third kappa shape index (κ3) is 4.11. The molecule has 0 atom stereocenters. The quantitative estimate of drug-likeness (QED) is 0.354. The van der Waals surface area contributed by atoms with E-state index in [1.54, 1.807) is 31.4 Å². The minimum Gasteiger partial charge on any atom is -0.497 e. The summed E-state index contributed by atoms with van der Waals surface area (Å²) in [5, 5.41) is 1.11. The van der Waals surface area contributed by atoms with Crippen LogP contribution in [0, 0.1) is 0 Å². The molecule has 30 heavy (non-hydrogen) atoms. The van der Waals surface area contributed by atoms with Crippen molar-refractivity contribution in [2.45, 2.75) is 6.42 Å². The van der Waals surface area contributed by atoms with Gasteiger partial charge in [0, 0.05) is 15.5 Å². The Morgan fingerprint density at radius 1 is 0.967 bits per heavy atom. The molecule has 2 N–H and O–H groups in total. The van der Waals surface area contributed by atoms with Crippen LogP contribution < -0.4 is 10.5 Å². The van der Waals surface area contributed by atoms with Crippen molar-refractivity contribution in [2.75, 3.05) is 12.8 Å². The molecule has 0 aliphatic carbocycles. The Hall–Kier alpha value is -3.08. The largest absolute Gasteiger partial charge is 0.497 e. The zero-order valence-electron chi connectivity index (χ0n) is 16.4. The number of carbonyl (C=O) groups excluding carboxylic acids is 1. The van der Waals surface area contributed by atoms with Gasteiger partial charge in [0.15, 0.2) is 5.78 Å². The first-order chi connectivity index (χ1) is 14.6. The van der Waals surface area contributed by atoms with Gasteiger partial charge in [-0.1, -0.05) is 41.9 Å². The fourth-order valence-electron chi connectivity index (χ4n) is 3.42. The number of ether oxygens (including phenoxy) is 1. The number of anilines is 1. The Balaban J connectivity index is 1.85. The smallest absolute Gasteiger partial charge is 0.196 e. The number of hydrogen-bond donors (Lipinski definition) is 1. The summed E-state index contributed by atoms with van der Waals surface area (Å²) in [6.07, 6.45) is 0.616. The Kier molecular flexibility index (Phi) is 5.88. The van der Waals surface area contributed by atoms with Gasteiger partial charge >= 0.3 is 0 Å². The lowest BCUT2D eigenvalue weighted by Crippen LogP contribution is -2.07. The van der Waals surface area contributed by atoms with Crippen LogP contribution in [0.25, 0.3) is 10.4 Å². The summed E-state index contributed by atoms with van der Waals surface area (Å²) in [4.78, 5) is 14.4. The van der Waals surface area contributed by atoms with Gasteiger partial charge in [0.2, 0.25) is 0 Å². The normalized spacial score (nSPS) is 10.7. The van der Waals surface area contributed by atoms with E-state index in [-0.39, 0.29) is 5.78 Å². The molecule has 0 amide bonds. The van der Waals surface area contributed by atoms with E-state index < -0.39 is 0 Å². The summed E-state index contributed by atoms with van der Waals surface area (Å²) in [5.74, 6) is 0.691. The molecule has 0 fully saturated rings. The van der Waals surface area contributed by atoms with Crippen molar-refractivity contribution in [1.82, 2.24) is 0 Å². The van der Waals surface area contributed by atoms with E-state index in [2.05, 4.69) is 12.1 Å². The number of halogens is 1. The second kappa shape index (κ2) is 8.74. The van der Waals surface area contributed by atoms with Gasteiger partial charge < -0.3 is 10.5 Å². The van der Waals surface area contributed by atoms with Crippen LogP contribution in [0.5, 0.6) is 5.75 Å². The third-order valence-electron chi connectivity index (χ3n) is 4.94. The lowest BCUT2D eigenvalue weighted by Gasteiger charge is -2.09. The molecule has 0 unspecified atom stereocenters. The molecule has 0 saturated carbocycles. The third-order valence-corrected chi connectivity index (χ3v) is 6.31.